The lowest BCUT2D eigenvalue weighted by Crippen LogP contribution is -2.36. The van der Waals surface area contributed by atoms with E-state index >= 15 is 0 Å². The number of rotatable bonds is 2. The van der Waals surface area contributed by atoms with Gasteiger partial charge in [0.1, 0.15) is 16.3 Å². The summed E-state index contributed by atoms with van der Waals surface area (Å²) in [5.41, 5.74) is 1.49. The molecule has 1 aliphatic rings. The van der Waals surface area contributed by atoms with E-state index in [-0.39, 0.29) is 17.7 Å². The molecule has 0 aliphatic carbocycles. The smallest absolute Gasteiger partial charge is 0.288 e. The van der Waals surface area contributed by atoms with Crippen LogP contribution in [0.2, 0.25) is 0 Å². The van der Waals surface area contributed by atoms with Gasteiger partial charge >= 0.3 is 0 Å². The molecule has 1 aromatic heterocycles. The van der Waals surface area contributed by atoms with Crippen LogP contribution in [0, 0.1) is 0 Å². The quantitative estimate of drug-likeness (QED) is 0.919. The zero-order valence-corrected chi connectivity index (χ0v) is 11.4. The van der Waals surface area contributed by atoms with Crippen molar-refractivity contribution in [1.29, 1.82) is 0 Å². The number of nitrogens with zero attached hydrogens (tertiary/aromatic N) is 1. The zero-order valence-electron chi connectivity index (χ0n) is 9.80. The Labute approximate surface area is 114 Å². The molecule has 1 saturated heterocycles. The molecule has 0 bridgehead atoms. The second-order valence-corrected chi connectivity index (χ2v) is 5.82. The summed E-state index contributed by atoms with van der Waals surface area (Å²) in [5.74, 6) is 0. The van der Waals surface area contributed by atoms with E-state index in [9.17, 15) is 4.21 Å². The van der Waals surface area contributed by atoms with Crippen molar-refractivity contribution >= 4 is 34.3 Å². The molecule has 6 heteroatoms. The number of fused-ring (bicyclic) bond motifs is 1. The van der Waals surface area contributed by atoms with E-state index in [1.807, 2.05) is 24.3 Å². The second-order valence-electron chi connectivity index (χ2n) is 4.21. The van der Waals surface area contributed by atoms with Crippen molar-refractivity contribution in [2.75, 3.05) is 13.1 Å². The molecule has 2 aromatic rings. The van der Waals surface area contributed by atoms with Crippen molar-refractivity contribution in [3.05, 3.63) is 24.3 Å². The Morgan fingerprint density at radius 2 is 2.22 bits per heavy atom. The lowest BCUT2D eigenvalue weighted by molar-refractivity contribution is 0.463. The maximum Gasteiger partial charge on any atom is 0.288 e. The lowest BCUT2D eigenvalue weighted by atomic mass is 10.2. The normalized spacial score (nSPS) is 21.4. The average molecular weight is 287 g/mol. The highest BCUT2D eigenvalue weighted by molar-refractivity contribution is 7.85. The Hall–Kier alpha value is -0.910. The Morgan fingerprint density at radius 1 is 1.39 bits per heavy atom. The van der Waals surface area contributed by atoms with Gasteiger partial charge in [-0.25, -0.2) is 9.19 Å². The van der Waals surface area contributed by atoms with Gasteiger partial charge in [-0.05, 0) is 31.5 Å². The molecular formula is C12H15ClN2O2S. The number of halogens is 1. The molecular weight excluding hydrogens is 272 g/mol. The largest absolute Gasteiger partial charge is 0.430 e. The topological polar surface area (TPSA) is 55.1 Å². The molecule has 0 spiro atoms. The van der Waals surface area contributed by atoms with E-state index in [2.05, 4.69) is 10.3 Å². The summed E-state index contributed by atoms with van der Waals surface area (Å²) in [6.45, 7) is 1.80. The van der Waals surface area contributed by atoms with E-state index < -0.39 is 10.8 Å². The van der Waals surface area contributed by atoms with Crippen LogP contribution in [-0.2, 0) is 10.8 Å². The molecule has 2 heterocycles. The van der Waals surface area contributed by atoms with Gasteiger partial charge in [-0.1, -0.05) is 12.1 Å². The molecule has 1 aliphatic heterocycles. The van der Waals surface area contributed by atoms with Crippen molar-refractivity contribution in [1.82, 2.24) is 10.3 Å². The summed E-state index contributed by atoms with van der Waals surface area (Å²) in [6.07, 6.45) is 2.04. The summed E-state index contributed by atoms with van der Waals surface area (Å²) in [4.78, 5) is 4.29. The van der Waals surface area contributed by atoms with E-state index in [0.29, 0.717) is 10.8 Å². The lowest BCUT2D eigenvalue weighted by Gasteiger charge is -2.20. The van der Waals surface area contributed by atoms with Crippen LogP contribution in [0.15, 0.2) is 33.9 Å². The van der Waals surface area contributed by atoms with E-state index in [1.165, 1.54) is 0 Å². The standard InChI is InChI=1S/C12H14N2O2S.ClH/c15-17(9-4-3-7-13-8-9)12-14-10-5-1-2-6-11(10)16-12;/h1-2,5-6,9,13H,3-4,7-8H2;1H. The highest BCUT2D eigenvalue weighted by Gasteiger charge is 2.24. The van der Waals surface area contributed by atoms with Crippen molar-refractivity contribution in [3.8, 4) is 0 Å². The highest BCUT2D eigenvalue weighted by atomic mass is 35.5. The van der Waals surface area contributed by atoms with Crippen LogP contribution in [0.4, 0.5) is 0 Å². The Balaban J connectivity index is 0.00000120. The van der Waals surface area contributed by atoms with Gasteiger partial charge in [-0.2, -0.15) is 0 Å². The van der Waals surface area contributed by atoms with Crippen LogP contribution >= 0.6 is 12.4 Å². The van der Waals surface area contributed by atoms with Crippen LogP contribution < -0.4 is 5.32 Å². The van der Waals surface area contributed by atoms with Gasteiger partial charge in [0.2, 0.25) is 0 Å². The number of aromatic nitrogens is 1. The van der Waals surface area contributed by atoms with Crippen molar-refractivity contribution in [3.63, 3.8) is 0 Å². The first-order valence-electron chi connectivity index (χ1n) is 5.81. The highest BCUT2D eigenvalue weighted by Crippen LogP contribution is 2.21. The number of nitrogens with one attached hydrogen (secondary N) is 1. The van der Waals surface area contributed by atoms with Gasteiger partial charge in [-0.3, -0.25) is 0 Å². The van der Waals surface area contributed by atoms with E-state index in [4.69, 9.17) is 4.42 Å². The maximum absolute atomic E-state index is 12.3. The van der Waals surface area contributed by atoms with Crippen molar-refractivity contribution in [2.24, 2.45) is 0 Å². The van der Waals surface area contributed by atoms with Crippen LogP contribution in [0.5, 0.6) is 0 Å². The minimum Gasteiger partial charge on any atom is -0.430 e. The molecule has 98 valence electrons. The molecule has 4 nitrogen and oxygen atoms in total. The summed E-state index contributed by atoms with van der Waals surface area (Å²) in [5, 5.41) is 3.74. The minimum absolute atomic E-state index is 0. The fourth-order valence-corrected chi connectivity index (χ4v) is 3.38. The molecule has 1 fully saturated rings. The zero-order chi connectivity index (χ0) is 11.7. The number of para-hydroxylation sites is 2. The van der Waals surface area contributed by atoms with Crippen LogP contribution in [0.1, 0.15) is 12.8 Å². The third kappa shape index (κ3) is 2.58. The molecule has 0 radical (unpaired) electrons. The minimum atomic E-state index is -1.14. The molecule has 3 rings (SSSR count). The van der Waals surface area contributed by atoms with Crippen molar-refractivity contribution < 1.29 is 8.63 Å². The Bertz CT molecular complexity index is 519. The van der Waals surface area contributed by atoms with Gasteiger partial charge in [0.05, 0.1) is 5.25 Å². The first-order valence-corrected chi connectivity index (χ1v) is 7.03. The SMILES string of the molecule is Cl.O=S(c1nc2ccccc2o1)C1CCCNC1. The van der Waals surface area contributed by atoms with E-state index in [1.54, 1.807) is 0 Å². The Morgan fingerprint density at radius 3 is 2.94 bits per heavy atom. The molecule has 1 N–H and O–H groups in total. The number of oxazole rings is 1. The Kier molecular flexibility index (Phi) is 4.37. The van der Waals surface area contributed by atoms with Crippen LogP contribution in [0.3, 0.4) is 0 Å². The fraction of sp³-hybridized carbons (Fsp3) is 0.417. The average Bonchev–Trinajstić information content (AvgIpc) is 2.82. The van der Waals surface area contributed by atoms with E-state index in [0.717, 1.165) is 31.4 Å². The molecule has 0 saturated carbocycles. The summed E-state index contributed by atoms with van der Waals surface area (Å²) >= 11 is 0. The first-order chi connectivity index (χ1) is 8.34. The second kappa shape index (κ2) is 5.82. The van der Waals surface area contributed by atoms with Gasteiger partial charge < -0.3 is 9.73 Å². The van der Waals surface area contributed by atoms with Crippen LogP contribution in [-0.4, -0.2) is 27.5 Å². The monoisotopic (exact) mass is 286 g/mol. The third-order valence-electron chi connectivity index (χ3n) is 3.00. The predicted octanol–water partition coefficient (Wildman–Crippen LogP) is 2.11. The van der Waals surface area contributed by atoms with Gasteiger partial charge in [0.15, 0.2) is 5.58 Å². The number of piperidine rings is 1. The summed E-state index contributed by atoms with van der Waals surface area (Å²) in [7, 11) is -1.14. The summed E-state index contributed by atoms with van der Waals surface area (Å²) in [6, 6.07) is 7.52. The number of benzene rings is 1. The molecule has 18 heavy (non-hydrogen) atoms. The van der Waals surface area contributed by atoms with Gasteiger partial charge in [-0.15, -0.1) is 12.4 Å². The molecule has 0 amide bonds. The summed E-state index contributed by atoms with van der Waals surface area (Å²) < 4.78 is 17.8. The third-order valence-corrected chi connectivity index (χ3v) is 4.53. The van der Waals surface area contributed by atoms with Gasteiger partial charge in [0.25, 0.3) is 5.22 Å². The van der Waals surface area contributed by atoms with Crippen LogP contribution in [0.25, 0.3) is 11.1 Å². The first kappa shape index (κ1) is 13.5. The molecule has 2 unspecified atom stereocenters. The maximum atomic E-state index is 12.3. The number of hydrogen-bond donors (Lipinski definition) is 1. The fourth-order valence-electron chi connectivity index (χ4n) is 2.08. The number of hydrogen-bond acceptors (Lipinski definition) is 4. The van der Waals surface area contributed by atoms with Crippen molar-refractivity contribution in [2.45, 2.75) is 23.3 Å². The molecule has 1 aromatic carbocycles. The molecule has 2 atom stereocenters. The predicted molar refractivity (Wildman–Crippen MR) is 73.6 cm³/mol. The van der Waals surface area contributed by atoms with Gasteiger partial charge in [0, 0.05) is 6.54 Å².